The Bertz CT molecular complexity index is 946. The Balaban J connectivity index is 1.83. The maximum atomic E-state index is 11.7. The average Bonchev–Trinajstić information content (AvgIpc) is 2.65. The molecule has 1 aromatic heterocycles. The summed E-state index contributed by atoms with van der Waals surface area (Å²) in [6.07, 6.45) is 1.45. The van der Waals surface area contributed by atoms with Crippen molar-refractivity contribution in [1.29, 1.82) is 0 Å². The van der Waals surface area contributed by atoms with Crippen molar-refractivity contribution >= 4 is 40.6 Å². The zero-order chi connectivity index (χ0) is 18.5. The first kappa shape index (κ1) is 17.7. The van der Waals surface area contributed by atoms with Crippen molar-refractivity contribution in [2.45, 2.75) is 6.92 Å². The number of aryl methyl sites for hydroxylation is 1. The van der Waals surface area contributed by atoms with Crippen LogP contribution in [-0.2, 0) is 4.74 Å². The van der Waals surface area contributed by atoms with Crippen LogP contribution in [0.3, 0.4) is 0 Å². The third-order valence-corrected chi connectivity index (χ3v) is 4.05. The summed E-state index contributed by atoms with van der Waals surface area (Å²) in [5.74, 6) is 0.742. The number of aromatic nitrogens is 2. The Hall–Kier alpha value is -3.12. The lowest BCUT2D eigenvalue weighted by molar-refractivity contribution is 0.0601. The zero-order valence-electron chi connectivity index (χ0n) is 14.3. The normalized spacial score (nSPS) is 10.3. The third-order valence-electron chi connectivity index (χ3n) is 3.73. The van der Waals surface area contributed by atoms with Crippen molar-refractivity contribution in [3.63, 3.8) is 0 Å². The summed E-state index contributed by atoms with van der Waals surface area (Å²) < 4.78 is 4.73. The van der Waals surface area contributed by atoms with Gasteiger partial charge in [0.2, 0.25) is 0 Å². The number of methoxy groups -OCH3 is 1. The van der Waals surface area contributed by atoms with Gasteiger partial charge in [-0.25, -0.2) is 14.8 Å². The molecule has 0 radical (unpaired) electrons. The molecule has 0 fully saturated rings. The molecule has 132 valence electrons. The summed E-state index contributed by atoms with van der Waals surface area (Å²) in [5.41, 5.74) is 3.01. The van der Waals surface area contributed by atoms with Gasteiger partial charge in [-0.3, -0.25) is 0 Å². The fraction of sp³-hybridized carbons (Fsp3) is 0.105. The number of rotatable bonds is 5. The average molecular weight is 369 g/mol. The first-order chi connectivity index (χ1) is 12.6. The van der Waals surface area contributed by atoms with Gasteiger partial charge >= 0.3 is 5.97 Å². The summed E-state index contributed by atoms with van der Waals surface area (Å²) in [6.45, 7) is 2.01. The summed E-state index contributed by atoms with van der Waals surface area (Å²) in [5, 5.41) is 6.82. The molecule has 7 heteroatoms. The van der Waals surface area contributed by atoms with Crippen LogP contribution in [-0.4, -0.2) is 23.0 Å². The van der Waals surface area contributed by atoms with Crippen LogP contribution in [0.5, 0.6) is 0 Å². The number of esters is 1. The van der Waals surface area contributed by atoms with Crippen molar-refractivity contribution in [3.05, 3.63) is 71.0 Å². The van der Waals surface area contributed by atoms with E-state index in [-0.39, 0.29) is 0 Å². The van der Waals surface area contributed by atoms with Gasteiger partial charge in [-0.1, -0.05) is 29.8 Å². The highest BCUT2D eigenvalue weighted by molar-refractivity contribution is 6.33. The Morgan fingerprint density at radius 1 is 1.00 bits per heavy atom. The molecule has 26 heavy (non-hydrogen) atoms. The smallest absolute Gasteiger partial charge is 0.337 e. The second kappa shape index (κ2) is 7.84. The number of benzene rings is 2. The SMILES string of the molecule is COC(=O)c1ccc(Cl)c(Nc2cc(Nc3ccccc3C)ncn2)c1. The summed E-state index contributed by atoms with van der Waals surface area (Å²) in [6, 6.07) is 14.5. The molecule has 1 heterocycles. The molecule has 2 N–H and O–H groups in total. The van der Waals surface area contributed by atoms with Gasteiger partial charge in [-0.2, -0.15) is 0 Å². The monoisotopic (exact) mass is 368 g/mol. The predicted molar refractivity (Wildman–Crippen MR) is 103 cm³/mol. The Morgan fingerprint density at radius 2 is 1.69 bits per heavy atom. The van der Waals surface area contributed by atoms with Gasteiger partial charge in [0.05, 0.1) is 23.4 Å². The molecule has 3 aromatic rings. The first-order valence-corrected chi connectivity index (χ1v) is 8.24. The number of hydrogen-bond donors (Lipinski definition) is 2. The summed E-state index contributed by atoms with van der Waals surface area (Å²) >= 11 is 6.21. The van der Waals surface area contributed by atoms with Gasteiger partial charge in [0.1, 0.15) is 18.0 Å². The molecule has 6 nitrogen and oxygen atoms in total. The number of para-hydroxylation sites is 1. The second-order valence-electron chi connectivity index (χ2n) is 5.54. The number of hydrogen-bond acceptors (Lipinski definition) is 6. The van der Waals surface area contributed by atoms with Crippen LogP contribution in [0.2, 0.25) is 5.02 Å². The number of carbonyl (C=O) groups is 1. The maximum Gasteiger partial charge on any atom is 0.337 e. The molecule has 0 spiro atoms. The molecule has 0 aliphatic rings. The minimum Gasteiger partial charge on any atom is -0.465 e. The molecule has 0 saturated carbocycles. The minimum absolute atomic E-state index is 0.395. The van der Waals surface area contributed by atoms with E-state index in [4.69, 9.17) is 16.3 Å². The molecule has 0 bridgehead atoms. The number of ether oxygens (including phenoxy) is 1. The standard InChI is InChI=1S/C19H17ClN4O2/c1-12-5-3-4-6-15(12)23-17-10-18(22-11-21-17)24-16-9-13(19(25)26-2)7-8-14(16)20/h3-11H,1-2H3,(H2,21,22,23,24). The van der Waals surface area contributed by atoms with Crippen molar-refractivity contribution in [2.75, 3.05) is 17.7 Å². The van der Waals surface area contributed by atoms with Crippen molar-refractivity contribution in [1.82, 2.24) is 9.97 Å². The number of halogens is 1. The van der Waals surface area contributed by atoms with Crippen LogP contribution in [0.1, 0.15) is 15.9 Å². The first-order valence-electron chi connectivity index (χ1n) is 7.86. The molecule has 0 amide bonds. The fourth-order valence-corrected chi connectivity index (χ4v) is 2.51. The fourth-order valence-electron chi connectivity index (χ4n) is 2.35. The number of anilines is 4. The van der Waals surface area contributed by atoms with E-state index in [0.717, 1.165) is 11.3 Å². The van der Waals surface area contributed by atoms with E-state index in [0.29, 0.717) is 27.9 Å². The molecule has 0 unspecified atom stereocenters. The topological polar surface area (TPSA) is 76.1 Å². The Morgan fingerprint density at radius 3 is 2.38 bits per heavy atom. The van der Waals surface area contributed by atoms with Crippen LogP contribution >= 0.6 is 11.6 Å². The highest BCUT2D eigenvalue weighted by atomic mass is 35.5. The van der Waals surface area contributed by atoms with E-state index in [1.807, 2.05) is 31.2 Å². The molecular weight excluding hydrogens is 352 g/mol. The van der Waals surface area contributed by atoms with Gasteiger partial charge < -0.3 is 15.4 Å². The molecule has 0 aliphatic heterocycles. The van der Waals surface area contributed by atoms with Gasteiger partial charge in [0.15, 0.2) is 0 Å². The molecule has 2 aromatic carbocycles. The van der Waals surface area contributed by atoms with Gasteiger partial charge in [0.25, 0.3) is 0 Å². The van der Waals surface area contributed by atoms with Gasteiger partial charge in [-0.15, -0.1) is 0 Å². The number of carbonyl (C=O) groups excluding carboxylic acids is 1. The molecular formula is C19H17ClN4O2. The van der Waals surface area contributed by atoms with Crippen molar-refractivity contribution < 1.29 is 9.53 Å². The largest absolute Gasteiger partial charge is 0.465 e. The predicted octanol–water partition coefficient (Wildman–Crippen LogP) is 4.71. The van der Waals surface area contributed by atoms with Crippen molar-refractivity contribution in [3.8, 4) is 0 Å². The molecule has 3 rings (SSSR count). The van der Waals surface area contributed by atoms with Crippen LogP contribution in [0.25, 0.3) is 0 Å². The third kappa shape index (κ3) is 4.10. The minimum atomic E-state index is -0.436. The van der Waals surface area contributed by atoms with E-state index in [1.54, 1.807) is 24.3 Å². The highest BCUT2D eigenvalue weighted by Crippen LogP contribution is 2.27. The van der Waals surface area contributed by atoms with E-state index < -0.39 is 5.97 Å². The lowest BCUT2D eigenvalue weighted by atomic mass is 10.2. The number of nitrogens with zero attached hydrogens (tertiary/aromatic N) is 2. The van der Waals surface area contributed by atoms with Crippen LogP contribution < -0.4 is 10.6 Å². The summed E-state index contributed by atoms with van der Waals surface area (Å²) in [7, 11) is 1.33. The van der Waals surface area contributed by atoms with Gasteiger partial charge in [0, 0.05) is 11.8 Å². The lowest BCUT2D eigenvalue weighted by Gasteiger charge is -2.12. The van der Waals surface area contributed by atoms with Gasteiger partial charge in [-0.05, 0) is 36.8 Å². The molecule has 0 saturated heterocycles. The van der Waals surface area contributed by atoms with E-state index >= 15 is 0 Å². The zero-order valence-corrected chi connectivity index (χ0v) is 15.0. The van der Waals surface area contributed by atoms with Crippen molar-refractivity contribution in [2.24, 2.45) is 0 Å². The lowest BCUT2D eigenvalue weighted by Crippen LogP contribution is -2.03. The van der Waals surface area contributed by atoms with E-state index in [9.17, 15) is 4.79 Å². The van der Waals surface area contributed by atoms with E-state index in [2.05, 4.69) is 20.6 Å². The molecule has 0 atom stereocenters. The van der Waals surface area contributed by atoms with Crippen LogP contribution in [0.4, 0.5) is 23.0 Å². The summed E-state index contributed by atoms with van der Waals surface area (Å²) in [4.78, 5) is 20.1. The molecule has 0 aliphatic carbocycles. The van der Waals surface area contributed by atoms with Crippen LogP contribution in [0.15, 0.2) is 54.9 Å². The van der Waals surface area contributed by atoms with E-state index in [1.165, 1.54) is 13.4 Å². The second-order valence-corrected chi connectivity index (χ2v) is 5.95. The maximum absolute atomic E-state index is 11.7. The highest BCUT2D eigenvalue weighted by Gasteiger charge is 2.10. The number of nitrogens with one attached hydrogen (secondary N) is 2. The Labute approximate surface area is 156 Å². The quantitative estimate of drug-likeness (QED) is 0.635. The van der Waals surface area contributed by atoms with Crippen LogP contribution in [0, 0.1) is 6.92 Å². The Kier molecular flexibility index (Phi) is 5.34.